The van der Waals surface area contributed by atoms with Gasteiger partial charge in [0, 0.05) is 21.8 Å². The molecule has 3 heteroatoms. The molecule has 4 aromatic rings. The third-order valence-corrected chi connectivity index (χ3v) is 4.76. The van der Waals surface area contributed by atoms with Crippen LogP contribution >= 0.6 is 11.3 Å². The average Bonchev–Trinajstić information content (AvgIpc) is 2.98. The Morgan fingerprint density at radius 1 is 0.857 bits per heavy atom. The molecular formula is C18H13NOS. The molecule has 102 valence electrons. The van der Waals surface area contributed by atoms with Crippen LogP contribution in [0.2, 0.25) is 0 Å². The second-order valence-corrected chi connectivity index (χ2v) is 5.92. The number of hydrogen-bond acceptors (Lipinski definition) is 3. The van der Waals surface area contributed by atoms with Gasteiger partial charge in [-0.05, 0) is 34.5 Å². The third-order valence-electron chi connectivity index (χ3n) is 3.78. The number of benzene rings is 2. The van der Waals surface area contributed by atoms with E-state index in [2.05, 4.69) is 17.1 Å². The van der Waals surface area contributed by atoms with Gasteiger partial charge in [0.2, 0.25) is 0 Å². The largest absolute Gasteiger partial charge is 0.384 e. The molecule has 0 saturated carbocycles. The maximum atomic E-state index is 10.9. The zero-order chi connectivity index (χ0) is 14.2. The molecule has 0 spiro atoms. The summed E-state index contributed by atoms with van der Waals surface area (Å²) < 4.78 is 1.20. The van der Waals surface area contributed by atoms with Gasteiger partial charge >= 0.3 is 0 Å². The lowest BCUT2D eigenvalue weighted by atomic mass is 9.97. The molecule has 0 aliphatic heterocycles. The summed E-state index contributed by atoms with van der Waals surface area (Å²) in [6.07, 6.45) is 1.15. The summed E-state index contributed by atoms with van der Waals surface area (Å²) in [6.45, 7) is 0. The summed E-state index contributed by atoms with van der Waals surface area (Å²) in [5.74, 6) is 0. The molecule has 0 saturated heterocycles. The molecule has 1 N–H and O–H groups in total. The normalized spacial score (nSPS) is 12.8. The monoisotopic (exact) mass is 291 g/mol. The van der Waals surface area contributed by atoms with Gasteiger partial charge in [0.1, 0.15) is 6.10 Å². The molecule has 2 nitrogen and oxygen atoms in total. The van der Waals surface area contributed by atoms with Crippen molar-refractivity contribution in [3.8, 4) is 0 Å². The Bertz CT molecular complexity index is 923. The van der Waals surface area contributed by atoms with Gasteiger partial charge in [-0.25, -0.2) is 0 Å². The van der Waals surface area contributed by atoms with E-state index in [1.54, 1.807) is 17.5 Å². The fourth-order valence-corrected chi connectivity index (χ4v) is 3.72. The second-order valence-electron chi connectivity index (χ2n) is 5.01. The Labute approximate surface area is 126 Å². The number of aliphatic hydroxyl groups is 1. The minimum atomic E-state index is -0.631. The number of aliphatic hydroxyl groups excluding tert-OH is 1. The topological polar surface area (TPSA) is 33.1 Å². The van der Waals surface area contributed by atoms with Crippen molar-refractivity contribution in [1.29, 1.82) is 0 Å². The fourth-order valence-electron chi connectivity index (χ4n) is 2.74. The maximum absolute atomic E-state index is 10.9. The first-order valence-corrected chi connectivity index (χ1v) is 7.70. The molecule has 0 aliphatic rings. The van der Waals surface area contributed by atoms with E-state index in [4.69, 9.17) is 0 Å². The molecule has 2 aromatic carbocycles. The summed E-state index contributed by atoms with van der Waals surface area (Å²) in [5.41, 5.74) is 2.78. The second kappa shape index (κ2) is 4.95. The zero-order valence-corrected chi connectivity index (χ0v) is 12.0. The van der Waals surface area contributed by atoms with E-state index in [1.165, 1.54) is 4.70 Å². The van der Waals surface area contributed by atoms with E-state index in [0.717, 1.165) is 27.4 Å². The number of rotatable bonds is 2. The molecule has 4 rings (SSSR count). The molecule has 0 amide bonds. The quantitative estimate of drug-likeness (QED) is 0.588. The van der Waals surface area contributed by atoms with Gasteiger partial charge in [-0.1, -0.05) is 36.4 Å². The first-order chi connectivity index (χ1) is 10.3. The molecule has 0 fully saturated rings. The van der Waals surface area contributed by atoms with E-state index in [1.807, 2.05) is 47.8 Å². The first kappa shape index (κ1) is 12.5. The molecule has 2 heterocycles. The Morgan fingerprint density at radius 3 is 2.67 bits per heavy atom. The lowest BCUT2D eigenvalue weighted by Crippen LogP contribution is -2.00. The van der Waals surface area contributed by atoms with Gasteiger partial charge in [-0.3, -0.25) is 4.98 Å². The average molecular weight is 291 g/mol. The Kier molecular flexibility index (Phi) is 2.95. The van der Waals surface area contributed by atoms with Gasteiger partial charge in [0.25, 0.3) is 0 Å². The number of thiophene rings is 1. The molecule has 1 atom stereocenters. The van der Waals surface area contributed by atoms with Crippen LogP contribution in [0.1, 0.15) is 17.2 Å². The number of hydrogen-bond donors (Lipinski definition) is 1. The molecule has 1 unspecified atom stereocenters. The van der Waals surface area contributed by atoms with Crippen molar-refractivity contribution in [1.82, 2.24) is 4.98 Å². The van der Waals surface area contributed by atoms with Crippen molar-refractivity contribution in [2.24, 2.45) is 0 Å². The van der Waals surface area contributed by atoms with Gasteiger partial charge < -0.3 is 5.11 Å². The highest BCUT2D eigenvalue weighted by Crippen LogP contribution is 2.35. The van der Waals surface area contributed by atoms with E-state index < -0.39 is 6.10 Å². The van der Waals surface area contributed by atoms with E-state index in [-0.39, 0.29) is 0 Å². The van der Waals surface area contributed by atoms with Crippen LogP contribution in [0.15, 0.2) is 66.2 Å². The van der Waals surface area contributed by atoms with E-state index in [0.29, 0.717) is 0 Å². The minimum Gasteiger partial charge on any atom is -0.384 e. The SMILES string of the molecule is OC(c1cccc2ncccc12)c1csc2ccccc12. The minimum absolute atomic E-state index is 0.631. The van der Waals surface area contributed by atoms with Gasteiger partial charge in [-0.15, -0.1) is 11.3 Å². The number of pyridine rings is 1. The van der Waals surface area contributed by atoms with Crippen LogP contribution in [0.5, 0.6) is 0 Å². The Morgan fingerprint density at radius 2 is 1.71 bits per heavy atom. The Balaban J connectivity index is 1.92. The molecule has 21 heavy (non-hydrogen) atoms. The van der Waals surface area contributed by atoms with Crippen molar-refractivity contribution >= 4 is 32.3 Å². The van der Waals surface area contributed by atoms with Gasteiger partial charge in [0.15, 0.2) is 0 Å². The summed E-state index contributed by atoms with van der Waals surface area (Å²) >= 11 is 1.67. The molecule has 2 aromatic heterocycles. The van der Waals surface area contributed by atoms with Crippen LogP contribution in [0.4, 0.5) is 0 Å². The molecule has 0 radical (unpaired) electrons. The highest BCUT2D eigenvalue weighted by molar-refractivity contribution is 7.17. The Hall–Kier alpha value is -2.23. The van der Waals surface area contributed by atoms with Crippen molar-refractivity contribution in [3.63, 3.8) is 0 Å². The molecular weight excluding hydrogens is 278 g/mol. The lowest BCUT2D eigenvalue weighted by Gasteiger charge is -2.13. The van der Waals surface area contributed by atoms with Gasteiger partial charge in [0.05, 0.1) is 5.52 Å². The highest BCUT2D eigenvalue weighted by atomic mass is 32.1. The predicted molar refractivity (Wildman–Crippen MR) is 87.6 cm³/mol. The van der Waals surface area contributed by atoms with Crippen LogP contribution in [-0.4, -0.2) is 10.1 Å². The van der Waals surface area contributed by atoms with Crippen molar-refractivity contribution in [3.05, 3.63) is 77.3 Å². The number of fused-ring (bicyclic) bond motifs is 2. The van der Waals surface area contributed by atoms with Crippen LogP contribution in [0.25, 0.3) is 21.0 Å². The summed E-state index contributed by atoms with van der Waals surface area (Å²) in [4.78, 5) is 4.36. The van der Waals surface area contributed by atoms with Crippen LogP contribution in [-0.2, 0) is 0 Å². The highest BCUT2D eigenvalue weighted by Gasteiger charge is 2.17. The van der Waals surface area contributed by atoms with Crippen molar-refractivity contribution in [2.45, 2.75) is 6.10 Å². The van der Waals surface area contributed by atoms with E-state index in [9.17, 15) is 5.11 Å². The molecule has 0 bridgehead atoms. The zero-order valence-electron chi connectivity index (χ0n) is 11.2. The van der Waals surface area contributed by atoms with Crippen LogP contribution in [0.3, 0.4) is 0 Å². The number of nitrogens with zero attached hydrogens (tertiary/aromatic N) is 1. The summed E-state index contributed by atoms with van der Waals surface area (Å²) in [6, 6.07) is 18.0. The summed E-state index contributed by atoms with van der Waals surface area (Å²) in [7, 11) is 0. The van der Waals surface area contributed by atoms with Crippen LogP contribution < -0.4 is 0 Å². The lowest BCUT2D eigenvalue weighted by molar-refractivity contribution is 0.224. The standard InChI is InChI=1S/C18H13NOS/c20-18(15-11-21-17-9-2-1-5-13(15)17)14-6-3-8-16-12(14)7-4-10-19-16/h1-11,18,20H. The maximum Gasteiger partial charge on any atom is 0.106 e. The first-order valence-electron chi connectivity index (χ1n) is 6.82. The van der Waals surface area contributed by atoms with Crippen LogP contribution in [0, 0.1) is 0 Å². The molecule has 0 aliphatic carbocycles. The third kappa shape index (κ3) is 2.02. The smallest absolute Gasteiger partial charge is 0.106 e. The van der Waals surface area contributed by atoms with E-state index >= 15 is 0 Å². The van der Waals surface area contributed by atoms with Crippen molar-refractivity contribution in [2.75, 3.05) is 0 Å². The fraction of sp³-hybridized carbons (Fsp3) is 0.0556. The van der Waals surface area contributed by atoms with Crippen molar-refractivity contribution < 1.29 is 5.11 Å². The van der Waals surface area contributed by atoms with Gasteiger partial charge in [-0.2, -0.15) is 0 Å². The predicted octanol–water partition coefficient (Wildman–Crippen LogP) is 4.53. The summed E-state index contributed by atoms with van der Waals surface area (Å²) in [5, 5.41) is 15.0. The number of aromatic nitrogens is 1.